The summed E-state index contributed by atoms with van der Waals surface area (Å²) >= 11 is 1.49. The molecule has 1 aromatic carbocycles. The highest BCUT2D eigenvalue weighted by Gasteiger charge is 2.25. The van der Waals surface area contributed by atoms with Crippen LogP contribution in [0.15, 0.2) is 46.7 Å². The highest BCUT2D eigenvalue weighted by Crippen LogP contribution is 2.16. The number of piperazine rings is 1. The molecule has 2 heterocycles. The minimum absolute atomic E-state index is 0. The van der Waals surface area contributed by atoms with Crippen molar-refractivity contribution in [1.29, 1.82) is 0 Å². The van der Waals surface area contributed by atoms with E-state index in [4.69, 9.17) is 0 Å². The Morgan fingerprint density at radius 1 is 1.35 bits per heavy atom. The van der Waals surface area contributed by atoms with Crippen LogP contribution in [0.3, 0.4) is 0 Å². The van der Waals surface area contributed by atoms with Gasteiger partial charge in [-0.2, -0.15) is 0 Å². The molecule has 2 aromatic rings. The van der Waals surface area contributed by atoms with Crippen LogP contribution in [-0.4, -0.2) is 44.9 Å². The zero-order chi connectivity index (χ0) is 17.9. The zero-order valence-electron chi connectivity index (χ0n) is 14.3. The number of hydrogen-bond donors (Lipinski definition) is 2. The molecule has 0 saturated carbocycles. The maximum atomic E-state index is 12.7. The molecule has 3 rings (SSSR count). The van der Waals surface area contributed by atoms with Gasteiger partial charge in [-0.3, -0.25) is 4.79 Å². The van der Waals surface area contributed by atoms with Crippen molar-refractivity contribution in [2.24, 2.45) is 0 Å². The summed E-state index contributed by atoms with van der Waals surface area (Å²) < 4.78 is 27.6. The average molecular weight is 416 g/mol. The number of carbonyl (C=O) groups is 1. The van der Waals surface area contributed by atoms with E-state index in [9.17, 15) is 13.2 Å². The van der Waals surface area contributed by atoms with Crippen molar-refractivity contribution in [1.82, 2.24) is 14.9 Å². The maximum absolute atomic E-state index is 12.7. The Balaban J connectivity index is 0.00000243. The Bertz CT molecular complexity index is 841. The van der Waals surface area contributed by atoms with E-state index in [1.807, 2.05) is 24.4 Å². The Hall–Kier alpha value is -1.45. The van der Waals surface area contributed by atoms with Crippen LogP contribution in [0, 0.1) is 0 Å². The van der Waals surface area contributed by atoms with Crippen molar-refractivity contribution in [3.05, 3.63) is 52.2 Å². The number of sulfonamides is 1. The van der Waals surface area contributed by atoms with Crippen molar-refractivity contribution in [3.63, 3.8) is 0 Å². The molecular formula is C17H22ClN3O3S2. The molecular weight excluding hydrogens is 394 g/mol. The minimum Gasteiger partial charge on any atom is -0.333 e. The fourth-order valence-electron chi connectivity index (χ4n) is 2.77. The normalized spacial score (nSPS) is 17.6. The Labute approximate surface area is 164 Å². The largest absolute Gasteiger partial charge is 0.333 e. The monoisotopic (exact) mass is 415 g/mol. The molecule has 1 aliphatic rings. The Morgan fingerprint density at radius 3 is 2.85 bits per heavy atom. The molecule has 1 atom stereocenters. The summed E-state index contributed by atoms with van der Waals surface area (Å²) in [4.78, 5) is 15.5. The van der Waals surface area contributed by atoms with Crippen LogP contribution in [-0.2, 0) is 16.6 Å². The van der Waals surface area contributed by atoms with E-state index in [2.05, 4.69) is 10.0 Å². The van der Waals surface area contributed by atoms with Gasteiger partial charge in [-0.15, -0.1) is 23.7 Å². The Morgan fingerprint density at radius 2 is 2.15 bits per heavy atom. The highest BCUT2D eigenvalue weighted by atomic mass is 35.5. The third-order valence-corrected chi connectivity index (χ3v) is 6.45. The molecule has 1 saturated heterocycles. The van der Waals surface area contributed by atoms with Gasteiger partial charge in [0.15, 0.2) is 0 Å². The lowest BCUT2D eigenvalue weighted by Gasteiger charge is -2.34. The molecule has 0 spiro atoms. The topological polar surface area (TPSA) is 78.5 Å². The SMILES string of the molecule is CC1CNCCN1C(=O)c1cccc(S(=O)(=O)NCc2cccs2)c1.Cl. The number of nitrogens with one attached hydrogen (secondary N) is 2. The first kappa shape index (κ1) is 20.9. The molecule has 9 heteroatoms. The van der Waals surface area contributed by atoms with Gasteiger partial charge in [-0.25, -0.2) is 13.1 Å². The molecule has 1 unspecified atom stereocenters. The molecule has 0 aliphatic carbocycles. The van der Waals surface area contributed by atoms with E-state index < -0.39 is 10.0 Å². The van der Waals surface area contributed by atoms with Crippen molar-refractivity contribution in [3.8, 4) is 0 Å². The maximum Gasteiger partial charge on any atom is 0.254 e. The average Bonchev–Trinajstić information content (AvgIpc) is 3.14. The van der Waals surface area contributed by atoms with E-state index in [1.54, 1.807) is 17.0 Å². The molecule has 1 amide bonds. The van der Waals surface area contributed by atoms with Crippen LogP contribution in [0.4, 0.5) is 0 Å². The van der Waals surface area contributed by atoms with Crippen LogP contribution >= 0.6 is 23.7 Å². The summed E-state index contributed by atoms with van der Waals surface area (Å²) in [7, 11) is -3.66. The standard InChI is InChI=1S/C17H21N3O3S2.ClH/c1-13-11-18-7-8-20(13)17(21)14-4-2-6-16(10-14)25(22,23)19-12-15-5-3-9-24-15;/h2-6,9-10,13,18-19H,7-8,11-12H2,1H3;1H. The van der Waals surface area contributed by atoms with Gasteiger partial charge in [0.05, 0.1) is 4.90 Å². The number of benzene rings is 1. The Kier molecular flexibility index (Phi) is 7.19. The molecule has 1 aromatic heterocycles. The quantitative estimate of drug-likeness (QED) is 0.783. The predicted molar refractivity (Wildman–Crippen MR) is 105 cm³/mol. The first-order valence-corrected chi connectivity index (χ1v) is 10.5. The second-order valence-corrected chi connectivity index (χ2v) is 8.78. The molecule has 0 radical (unpaired) electrons. The molecule has 142 valence electrons. The van der Waals surface area contributed by atoms with Gasteiger partial charge < -0.3 is 10.2 Å². The minimum atomic E-state index is -3.66. The lowest BCUT2D eigenvalue weighted by Crippen LogP contribution is -2.52. The molecule has 6 nitrogen and oxygen atoms in total. The smallest absolute Gasteiger partial charge is 0.254 e. The van der Waals surface area contributed by atoms with Gasteiger partial charge in [0, 0.05) is 42.7 Å². The van der Waals surface area contributed by atoms with Gasteiger partial charge in [0.2, 0.25) is 10.0 Å². The fourth-order valence-corrected chi connectivity index (χ4v) is 4.56. The molecule has 1 fully saturated rings. The van der Waals surface area contributed by atoms with E-state index in [0.29, 0.717) is 12.1 Å². The fraction of sp³-hybridized carbons (Fsp3) is 0.353. The van der Waals surface area contributed by atoms with Crippen LogP contribution < -0.4 is 10.0 Å². The number of nitrogens with zero attached hydrogens (tertiary/aromatic N) is 1. The predicted octanol–water partition coefficient (Wildman–Crippen LogP) is 2.08. The van der Waals surface area contributed by atoms with E-state index in [0.717, 1.165) is 18.0 Å². The lowest BCUT2D eigenvalue weighted by molar-refractivity contribution is 0.0655. The first-order chi connectivity index (χ1) is 12.0. The second kappa shape index (κ2) is 8.96. The lowest BCUT2D eigenvalue weighted by atomic mass is 10.1. The van der Waals surface area contributed by atoms with E-state index >= 15 is 0 Å². The van der Waals surface area contributed by atoms with Crippen LogP contribution in [0.5, 0.6) is 0 Å². The number of rotatable bonds is 5. The van der Waals surface area contributed by atoms with Crippen molar-refractivity contribution < 1.29 is 13.2 Å². The van der Waals surface area contributed by atoms with Crippen molar-refractivity contribution in [2.75, 3.05) is 19.6 Å². The van der Waals surface area contributed by atoms with Crippen molar-refractivity contribution in [2.45, 2.75) is 24.4 Å². The summed E-state index contributed by atoms with van der Waals surface area (Å²) in [5, 5.41) is 5.14. The van der Waals surface area contributed by atoms with E-state index in [1.165, 1.54) is 23.5 Å². The number of halogens is 1. The molecule has 26 heavy (non-hydrogen) atoms. The highest BCUT2D eigenvalue weighted by molar-refractivity contribution is 7.89. The van der Waals surface area contributed by atoms with Crippen LogP contribution in [0.2, 0.25) is 0 Å². The summed E-state index contributed by atoms with van der Waals surface area (Å²) in [5.74, 6) is -0.135. The number of hydrogen-bond acceptors (Lipinski definition) is 5. The summed E-state index contributed by atoms with van der Waals surface area (Å²) in [6.45, 7) is 4.33. The number of carbonyl (C=O) groups excluding carboxylic acids is 1. The zero-order valence-corrected chi connectivity index (χ0v) is 16.8. The first-order valence-electron chi connectivity index (χ1n) is 8.11. The number of thiophene rings is 1. The van der Waals surface area contributed by atoms with Gasteiger partial charge in [-0.05, 0) is 36.6 Å². The second-order valence-electron chi connectivity index (χ2n) is 5.98. The third kappa shape index (κ3) is 4.83. The van der Waals surface area contributed by atoms with Gasteiger partial charge in [0.25, 0.3) is 5.91 Å². The summed E-state index contributed by atoms with van der Waals surface area (Å²) in [6, 6.07) is 10.1. The summed E-state index contributed by atoms with van der Waals surface area (Å²) in [5.41, 5.74) is 0.396. The van der Waals surface area contributed by atoms with Gasteiger partial charge in [0.1, 0.15) is 0 Å². The molecule has 0 bridgehead atoms. The number of amides is 1. The summed E-state index contributed by atoms with van der Waals surface area (Å²) in [6.07, 6.45) is 0. The van der Waals surface area contributed by atoms with E-state index in [-0.39, 0.29) is 35.8 Å². The molecule has 1 aliphatic heterocycles. The third-order valence-electron chi connectivity index (χ3n) is 4.17. The van der Waals surface area contributed by atoms with Crippen molar-refractivity contribution >= 4 is 39.7 Å². The van der Waals surface area contributed by atoms with Crippen LogP contribution in [0.25, 0.3) is 0 Å². The van der Waals surface area contributed by atoms with Gasteiger partial charge >= 0.3 is 0 Å². The van der Waals surface area contributed by atoms with Gasteiger partial charge in [-0.1, -0.05) is 12.1 Å². The van der Waals surface area contributed by atoms with Crippen LogP contribution in [0.1, 0.15) is 22.2 Å². The molecule has 2 N–H and O–H groups in total.